The summed E-state index contributed by atoms with van der Waals surface area (Å²) in [5, 5.41) is 20.0. The minimum atomic E-state index is -1.17. The van der Waals surface area contributed by atoms with E-state index in [1.165, 1.54) is 0 Å². The fourth-order valence-corrected chi connectivity index (χ4v) is 0.966. The Kier molecular flexibility index (Phi) is 4.22. The van der Waals surface area contributed by atoms with Crippen molar-refractivity contribution in [2.45, 2.75) is 18.8 Å². The predicted octanol–water partition coefficient (Wildman–Crippen LogP) is -0.828. The summed E-state index contributed by atoms with van der Waals surface area (Å²) in [5.74, 6) is -0.0741. The predicted molar refractivity (Wildman–Crippen MR) is 38.5 cm³/mol. The van der Waals surface area contributed by atoms with Gasteiger partial charge in [-0.3, -0.25) is 0 Å². The fraction of sp³-hybridized carbons (Fsp3) is 1.00. The molecule has 3 nitrogen and oxygen atoms in total. The molecule has 0 unspecified atom stereocenters. The van der Waals surface area contributed by atoms with Gasteiger partial charge in [0.1, 0.15) is 0 Å². The van der Waals surface area contributed by atoms with E-state index in [0.717, 1.165) is 19.4 Å². The summed E-state index contributed by atoms with van der Waals surface area (Å²) in [7, 11) is -1.17. The van der Waals surface area contributed by atoms with Gasteiger partial charge < -0.3 is 15.4 Å². The molecule has 54 valence electrons. The molecule has 1 fully saturated rings. The average molecular weight is 151 g/mol. The van der Waals surface area contributed by atoms with Crippen LogP contribution in [0.5, 0.6) is 0 Å². The minimum absolute atomic E-state index is 0. The Bertz CT molecular complexity index is 77.0. The SMILES string of the molecule is Cl.OB(O)[C@@H]1CCCN1. The summed E-state index contributed by atoms with van der Waals surface area (Å²) in [6.45, 7) is 0.919. The summed E-state index contributed by atoms with van der Waals surface area (Å²) in [5.41, 5.74) is 0. The Labute approximate surface area is 61.0 Å². The Balaban J connectivity index is 0.000000640. The molecule has 0 amide bonds. The van der Waals surface area contributed by atoms with Crippen LogP contribution in [-0.2, 0) is 0 Å². The van der Waals surface area contributed by atoms with E-state index in [9.17, 15) is 0 Å². The van der Waals surface area contributed by atoms with Crippen molar-refractivity contribution in [1.82, 2.24) is 5.32 Å². The summed E-state index contributed by atoms with van der Waals surface area (Å²) in [6.07, 6.45) is 1.94. The third-order valence-electron chi connectivity index (χ3n) is 1.46. The van der Waals surface area contributed by atoms with Gasteiger partial charge >= 0.3 is 7.12 Å². The second-order valence-electron chi connectivity index (χ2n) is 2.12. The van der Waals surface area contributed by atoms with E-state index in [1.54, 1.807) is 0 Å². The van der Waals surface area contributed by atoms with Crippen molar-refractivity contribution in [3.63, 3.8) is 0 Å². The van der Waals surface area contributed by atoms with E-state index in [1.807, 2.05) is 0 Å². The Morgan fingerprint density at radius 1 is 1.44 bits per heavy atom. The van der Waals surface area contributed by atoms with E-state index >= 15 is 0 Å². The van der Waals surface area contributed by atoms with Crippen molar-refractivity contribution in [3.05, 3.63) is 0 Å². The van der Waals surface area contributed by atoms with Crippen molar-refractivity contribution in [2.75, 3.05) is 6.54 Å². The third kappa shape index (κ3) is 2.54. The van der Waals surface area contributed by atoms with Gasteiger partial charge in [0.2, 0.25) is 0 Å². The van der Waals surface area contributed by atoms with Gasteiger partial charge in [0.25, 0.3) is 0 Å². The van der Waals surface area contributed by atoms with Gasteiger partial charge in [-0.2, -0.15) is 0 Å². The second-order valence-corrected chi connectivity index (χ2v) is 2.12. The molecule has 1 aliphatic rings. The highest BCUT2D eigenvalue weighted by Gasteiger charge is 2.25. The molecular formula is C4H11BClNO2. The highest BCUT2D eigenvalue weighted by atomic mass is 35.5. The molecule has 1 atom stereocenters. The van der Waals surface area contributed by atoms with Crippen LogP contribution in [0.1, 0.15) is 12.8 Å². The highest BCUT2D eigenvalue weighted by Crippen LogP contribution is 2.04. The van der Waals surface area contributed by atoms with Crippen molar-refractivity contribution in [2.24, 2.45) is 0 Å². The quantitative estimate of drug-likeness (QED) is 0.429. The zero-order valence-electron chi connectivity index (χ0n) is 5.08. The normalized spacial score (nSPS) is 25.3. The maximum atomic E-state index is 8.55. The molecule has 0 saturated carbocycles. The van der Waals surface area contributed by atoms with E-state index in [4.69, 9.17) is 10.0 Å². The molecule has 0 radical (unpaired) electrons. The number of rotatable bonds is 1. The molecule has 0 aromatic carbocycles. The van der Waals surface area contributed by atoms with E-state index in [0.29, 0.717) is 0 Å². The summed E-state index contributed by atoms with van der Waals surface area (Å²) in [6, 6.07) is 0. The molecular weight excluding hydrogens is 140 g/mol. The van der Waals surface area contributed by atoms with Gasteiger partial charge in [0.05, 0.1) is 0 Å². The first-order valence-corrected chi connectivity index (χ1v) is 2.90. The molecule has 1 saturated heterocycles. The lowest BCUT2D eigenvalue weighted by molar-refractivity contribution is 0.379. The van der Waals surface area contributed by atoms with Gasteiger partial charge in [-0.1, -0.05) is 0 Å². The van der Waals surface area contributed by atoms with Gasteiger partial charge in [0, 0.05) is 5.94 Å². The van der Waals surface area contributed by atoms with Crippen LogP contribution in [-0.4, -0.2) is 29.7 Å². The zero-order valence-corrected chi connectivity index (χ0v) is 5.90. The lowest BCUT2D eigenvalue weighted by atomic mass is 9.79. The summed E-state index contributed by atoms with van der Waals surface area (Å²) < 4.78 is 0. The van der Waals surface area contributed by atoms with Crippen LogP contribution >= 0.6 is 12.4 Å². The van der Waals surface area contributed by atoms with Crippen LogP contribution in [0.2, 0.25) is 0 Å². The molecule has 0 aromatic rings. The molecule has 5 heteroatoms. The Morgan fingerprint density at radius 2 is 2.11 bits per heavy atom. The van der Waals surface area contributed by atoms with Crippen LogP contribution in [0.3, 0.4) is 0 Å². The maximum Gasteiger partial charge on any atom is 0.469 e. The molecule has 0 bridgehead atoms. The number of nitrogens with one attached hydrogen (secondary N) is 1. The van der Waals surface area contributed by atoms with Gasteiger partial charge in [-0.25, -0.2) is 0 Å². The van der Waals surface area contributed by atoms with Crippen LogP contribution in [0.25, 0.3) is 0 Å². The number of hydrogen-bond acceptors (Lipinski definition) is 3. The van der Waals surface area contributed by atoms with Crippen molar-refractivity contribution >= 4 is 19.5 Å². The molecule has 1 aliphatic heterocycles. The lowest BCUT2D eigenvalue weighted by Crippen LogP contribution is -2.38. The Hall–Kier alpha value is 0.235. The first kappa shape index (κ1) is 9.23. The summed E-state index contributed by atoms with van der Waals surface area (Å²) in [4.78, 5) is 0. The van der Waals surface area contributed by atoms with E-state index in [-0.39, 0.29) is 18.3 Å². The minimum Gasteiger partial charge on any atom is -0.426 e. The molecule has 3 N–H and O–H groups in total. The first-order valence-electron chi connectivity index (χ1n) is 2.90. The fourth-order valence-electron chi connectivity index (χ4n) is 0.966. The first-order chi connectivity index (χ1) is 3.80. The van der Waals surface area contributed by atoms with Crippen LogP contribution in [0.15, 0.2) is 0 Å². The molecule has 1 rings (SSSR count). The average Bonchev–Trinajstić information content (AvgIpc) is 2.12. The highest BCUT2D eigenvalue weighted by molar-refractivity contribution is 6.43. The van der Waals surface area contributed by atoms with Gasteiger partial charge in [-0.15, -0.1) is 12.4 Å². The zero-order chi connectivity index (χ0) is 5.98. The monoisotopic (exact) mass is 151 g/mol. The smallest absolute Gasteiger partial charge is 0.426 e. The lowest BCUT2D eigenvalue weighted by Gasteiger charge is -2.05. The molecule has 9 heavy (non-hydrogen) atoms. The molecule has 1 heterocycles. The van der Waals surface area contributed by atoms with Gasteiger partial charge in [0.15, 0.2) is 0 Å². The number of hydrogen-bond donors (Lipinski definition) is 3. The topological polar surface area (TPSA) is 52.5 Å². The van der Waals surface area contributed by atoms with Gasteiger partial charge in [-0.05, 0) is 19.4 Å². The van der Waals surface area contributed by atoms with Crippen LogP contribution in [0.4, 0.5) is 0 Å². The largest absolute Gasteiger partial charge is 0.469 e. The van der Waals surface area contributed by atoms with Crippen LogP contribution < -0.4 is 5.32 Å². The van der Waals surface area contributed by atoms with Crippen LogP contribution in [0, 0.1) is 0 Å². The van der Waals surface area contributed by atoms with E-state index < -0.39 is 7.12 Å². The Morgan fingerprint density at radius 3 is 2.33 bits per heavy atom. The number of halogens is 1. The second kappa shape index (κ2) is 4.11. The standard InChI is InChI=1S/C4H10BNO2.ClH/c7-5(8)4-2-1-3-6-4;/h4,6-8H,1-3H2;1H/t4-;/m0./s1. The maximum absolute atomic E-state index is 8.55. The van der Waals surface area contributed by atoms with Crippen molar-refractivity contribution < 1.29 is 10.0 Å². The third-order valence-corrected chi connectivity index (χ3v) is 1.46. The molecule has 0 aliphatic carbocycles. The van der Waals surface area contributed by atoms with Crippen molar-refractivity contribution in [1.29, 1.82) is 0 Å². The summed E-state index contributed by atoms with van der Waals surface area (Å²) >= 11 is 0. The van der Waals surface area contributed by atoms with E-state index in [2.05, 4.69) is 5.32 Å². The van der Waals surface area contributed by atoms with Crippen molar-refractivity contribution in [3.8, 4) is 0 Å². The molecule has 0 spiro atoms. The molecule has 0 aromatic heterocycles.